The number of nitrogens with zero attached hydrogens (tertiary/aromatic N) is 1. The Balaban J connectivity index is 2.75. The van der Waals surface area contributed by atoms with Crippen LogP contribution in [0.3, 0.4) is 0 Å². The zero-order valence-electron chi connectivity index (χ0n) is 11.8. The third-order valence-electron chi connectivity index (χ3n) is 2.91. The summed E-state index contributed by atoms with van der Waals surface area (Å²) in [4.78, 5) is 4.22. The molecule has 18 heavy (non-hydrogen) atoms. The Morgan fingerprint density at radius 2 is 2.11 bits per heavy atom. The van der Waals surface area contributed by atoms with Gasteiger partial charge in [-0.15, -0.1) is 0 Å². The molecule has 2 unspecified atom stereocenters. The Morgan fingerprint density at radius 1 is 1.33 bits per heavy atom. The standard InChI is InChI=1S/C14H24N2O2/c1-5-16-14(6-11(2)10-17-3)12-7-13(18-4)9-15-8-12/h7-9,11,14,16H,5-6,10H2,1-4H3. The van der Waals surface area contributed by atoms with E-state index < -0.39 is 0 Å². The molecule has 1 aromatic rings. The number of methoxy groups -OCH3 is 2. The zero-order valence-corrected chi connectivity index (χ0v) is 11.8. The summed E-state index contributed by atoms with van der Waals surface area (Å²) in [5.41, 5.74) is 1.17. The minimum absolute atomic E-state index is 0.294. The number of rotatable bonds is 8. The molecule has 0 aromatic carbocycles. The molecular weight excluding hydrogens is 228 g/mol. The smallest absolute Gasteiger partial charge is 0.137 e. The van der Waals surface area contributed by atoms with Crippen LogP contribution < -0.4 is 10.1 Å². The van der Waals surface area contributed by atoms with Crippen LogP contribution in [0.25, 0.3) is 0 Å². The second-order valence-corrected chi connectivity index (χ2v) is 4.56. The molecule has 0 fully saturated rings. The average Bonchev–Trinajstić information content (AvgIpc) is 2.38. The van der Waals surface area contributed by atoms with Crippen LogP contribution in [-0.2, 0) is 4.74 Å². The molecule has 4 heteroatoms. The lowest BCUT2D eigenvalue weighted by Gasteiger charge is -2.22. The maximum atomic E-state index is 5.22. The van der Waals surface area contributed by atoms with Gasteiger partial charge in [0, 0.05) is 26.0 Å². The third-order valence-corrected chi connectivity index (χ3v) is 2.91. The molecule has 1 aromatic heterocycles. The van der Waals surface area contributed by atoms with Crippen molar-refractivity contribution in [2.45, 2.75) is 26.3 Å². The Morgan fingerprint density at radius 3 is 2.72 bits per heavy atom. The lowest BCUT2D eigenvalue weighted by atomic mass is 9.97. The lowest BCUT2D eigenvalue weighted by Crippen LogP contribution is -2.24. The summed E-state index contributed by atoms with van der Waals surface area (Å²) in [7, 11) is 3.41. The van der Waals surface area contributed by atoms with Gasteiger partial charge in [-0.2, -0.15) is 0 Å². The summed E-state index contributed by atoms with van der Waals surface area (Å²) in [5, 5.41) is 3.49. The van der Waals surface area contributed by atoms with E-state index in [0.717, 1.165) is 25.3 Å². The highest BCUT2D eigenvalue weighted by molar-refractivity contribution is 5.26. The molecular formula is C14H24N2O2. The predicted octanol–water partition coefficient (Wildman–Crippen LogP) is 2.41. The van der Waals surface area contributed by atoms with Crippen molar-refractivity contribution < 1.29 is 9.47 Å². The second-order valence-electron chi connectivity index (χ2n) is 4.56. The second kappa shape index (κ2) is 8.06. The summed E-state index contributed by atoms with van der Waals surface area (Å²) in [6, 6.07) is 2.34. The van der Waals surface area contributed by atoms with E-state index in [4.69, 9.17) is 9.47 Å². The van der Waals surface area contributed by atoms with Gasteiger partial charge in [-0.25, -0.2) is 0 Å². The van der Waals surface area contributed by atoms with E-state index in [0.29, 0.717) is 12.0 Å². The summed E-state index contributed by atoms with van der Waals surface area (Å²) in [6.07, 6.45) is 4.65. The minimum atomic E-state index is 0.294. The van der Waals surface area contributed by atoms with E-state index in [1.54, 1.807) is 20.4 Å². The minimum Gasteiger partial charge on any atom is -0.495 e. The summed E-state index contributed by atoms with van der Waals surface area (Å²) in [6.45, 7) is 6.02. The number of nitrogens with one attached hydrogen (secondary N) is 1. The molecule has 0 spiro atoms. The number of hydrogen-bond acceptors (Lipinski definition) is 4. The van der Waals surface area contributed by atoms with Crippen LogP contribution in [0.4, 0.5) is 0 Å². The van der Waals surface area contributed by atoms with Crippen LogP contribution in [0.5, 0.6) is 5.75 Å². The van der Waals surface area contributed by atoms with Crippen LogP contribution in [0.2, 0.25) is 0 Å². The molecule has 2 atom stereocenters. The zero-order chi connectivity index (χ0) is 13.4. The van der Waals surface area contributed by atoms with Gasteiger partial charge in [-0.1, -0.05) is 13.8 Å². The van der Waals surface area contributed by atoms with Gasteiger partial charge in [0.2, 0.25) is 0 Å². The summed E-state index contributed by atoms with van der Waals surface area (Å²) in [5.74, 6) is 1.31. The van der Waals surface area contributed by atoms with Crippen molar-refractivity contribution in [3.63, 3.8) is 0 Å². The summed E-state index contributed by atoms with van der Waals surface area (Å²) >= 11 is 0. The van der Waals surface area contributed by atoms with E-state index >= 15 is 0 Å². The molecule has 0 saturated carbocycles. The normalized spacial score (nSPS) is 14.2. The van der Waals surface area contributed by atoms with Crippen molar-refractivity contribution in [3.8, 4) is 5.75 Å². The summed E-state index contributed by atoms with van der Waals surface area (Å²) < 4.78 is 10.4. The fourth-order valence-corrected chi connectivity index (χ4v) is 2.08. The SMILES string of the molecule is CCNC(CC(C)COC)c1cncc(OC)c1. The first-order chi connectivity index (χ1) is 8.71. The van der Waals surface area contributed by atoms with Crippen LogP contribution in [0.1, 0.15) is 31.9 Å². The van der Waals surface area contributed by atoms with Crippen LogP contribution in [0.15, 0.2) is 18.5 Å². The van der Waals surface area contributed by atoms with Crippen molar-refractivity contribution >= 4 is 0 Å². The van der Waals surface area contributed by atoms with Gasteiger partial charge in [-0.05, 0) is 30.5 Å². The lowest BCUT2D eigenvalue weighted by molar-refractivity contribution is 0.149. The molecule has 102 valence electrons. The molecule has 0 aliphatic heterocycles. The van der Waals surface area contributed by atoms with Gasteiger partial charge in [0.15, 0.2) is 0 Å². The first-order valence-electron chi connectivity index (χ1n) is 6.42. The van der Waals surface area contributed by atoms with Crippen molar-refractivity contribution in [1.29, 1.82) is 0 Å². The molecule has 1 rings (SSSR count). The Bertz CT molecular complexity index is 344. The van der Waals surface area contributed by atoms with E-state index in [-0.39, 0.29) is 0 Å². The van der Waals surface area contributed by atoms with Crippen molar-refractivity contribution in [3.05, 3.63) is 24.0 Å². The van der Waals surface area contributed by atoms with Gasteiger partial charge >= 0.3 is 0 Å². The van der Waals surface area contributed by atoms with Gasteiger partial charge in [-0.3, -0.25) is 4.98 Å². The highest BCUT2D eigenvalue weighted by atomic mass is 16.5. The number of pyridine rings is 1. The first kappa shape index (κ1) is 14.9. The molecule has 0 bridgehead atoms. The van der Waals surface area contributed by atoms with Gasteiger partial charge in [0.05, 0.1) is 13.3 Å². The predicted molar refractivity (Wildman–Crippen MR) is 72.9 cm³/mol. The molecule has 4 nitrogen and oxygen atoms in total. The molecule has 0 aliphatic carbocycles. The molecule has 1 heterocycles. The maximum absolute atomic E-state index is 5.22. The fraction of sp³-hybridized carbons (Fsp3) is 0.643. The topological polar surface area (TPSA) is 43.4 Å². The Labute approximate surface area is 110 Å². The number of ether oxygens (including phenoxy) is 2. The van der Waals surface area contributed by atoms with Gasteiger partial charge in [0.1, 0.15) is 5.75 Å². The largest absolute Gasteiger partial charge is 0.495 e. The van der Waals surface area contributed by atoms with Crippen molar-refractivity contribution in [2.24, 2.45) is 5.92 Å². The third kappa shape index (κ3) is 4.63. The van der Waals surface area contributed by atoms with Gasteiger partial charge < -0.3 is 14.8 Å². The van der Waals surface area contributed by atoms with E-state index in [1.165, 1.54) is 5.56 Å². The van der Waals surface area contributed by atoms with Crippen LogP contribution >= 0.6 is 0 Å². The monoisotopic (exact) mass is 252 g/mol. The van der Waals surface area contributed by atoms with E-state index in [9.17, 15) is 0 Å². The van der Waals surface area contributed by atoms with Crippen molar-refractivity contribution in [2.75, 3.05) is 27.4 Å². The quantitative estimate of drug-likeness (QED) is 0.771. The Hall–Kier alpha value is -1.13. The maximum Gasteiger partial charge on any atom is 0.137 e. The highest BCUT2D eigenvalue weighted by Crippen LogP contribution is 2.23. The van der Waals surface area contributed by atoms with E-state index in [2.05, 4.69) is 24.1 Å². The Kier molecular flexibility index (Phi) is 6.68. The van der Waals surface area contributed by atoms with Crippen LogP contribution in [0, 0.1) is 5.92 Å². The molecule has 0 radical (unpaired) electrons. The average molecular weight is 252 g/mol. The van der Waals surface area contributed by atoms with Crippen LogP contribution in [-0.4, -0.2) is 32.4 Å². The van der Waals surface area contributed by atoms with Crippen molar-refractivity contribution in [1.82, 2.24) is 10.3 Å². The first-order valence-corrected chi connectivity index (χ1v) is 6.42. The number of aromatic nitrogens is 1. The van der Waals surface area contributed by atoms with E-state index in [1.807, 2.05) is 12.3 Å². The molecule has 0 aliphatic rings. The number of hydrogen-bond donors (Lipinski definition) is 1. The molecule has 1 N–H and O–H groups in total. The highest BCUT2D eigenvalue weighted by Gasteiger charge is 2.15. The molecule has 0 amide bonds. The molecule has 0 saturated heterocycles. The fourth-order valence-electron chi connectivity index (χ4n) is 2.08. The van der Waals surface area contributed by atoms with Gasteiger partial charge in [0.25, 0.3) is 0 Å².